The number of carbonyl (C=O) groups excluding carboxylic acids is 2. The van der Waals surface area contributed by atoms with E-state index in [2.05, 4.69) is 0 Å². The van der Waals surface area contributed by atoms with Crippen molar-refractivity contribution in [2.24, 2.45) is 5.92 Å². The summed E-state index contributed by atoms with van der Waals surface area (Å²) in [7, 11) is 3.43. The van der Waals surface area contributed by atoms with Crippen molar-refractivity contribution in [3.8, 4) is 0 Å². The highest BCUT2D eigenvalue weighted by Crippen LogP contribution is 2.19. The lowest BCUT2D eigenvalue weighted by atomic mass is 9.96. The third kappa shape index (κ3) is 7.20. The number of likely N-dealkylation sites (tertiary alicyclic amines) is 1. The van der Waals surface area contributed by atoms with Gasteiger partial charge in [-0.1, -0.05) is 12.1 Å². The SMILES string of the molecule is COCCCOCCN(C)C(=O)C1CCCN(C(=O)Cc2ccc(F)cc2)C1. The van der Waals surface area contributed by atoms with Gasteiger partial charge in [-0.3, -0.25) is 9.59 Å². The summed E-state index contributed by atoms with van der Waals surface area (Å²) in [5.41, 5.74) is 0.780. The van der Waals surface area contributed by atoms with Gasteiger partial charge in [-0.2, -0.15) is 0 Å². The van der Waals surface area contributed by atoms with E-state index in [-0.39, 0.29) is 30.0 Å². The summed E-state index contributed by atoms with van der Waals surface area (Å²) in [6, 6.07) is 5.97. The van der Waals surface area contributed by atoms with E-state index in [1.807, 2.05) is 0 Å². The second-order valence-corrected chi connectivity index (χ2v) is 7.20. The average Bonchev–Trinajstić information content (AvgIpc) is 2.71. The molecule has 1 unspecified atom stereocenters. The van der Waals surface area contributed by atoms with Crippen LogP contribution in [0.5, 0.6) is 0 Å². The maximum atomic E-state index is 13.0. The van der Waals surface area contributed by atoms with E-state index in [1.165, 1.54) is 12.1 Å². The Bertz CT molecular complexity index is 623. The number of methoxy groups -OCH3 is 1. The third-order valence-electron chi connectivity index (χ3n) is 4.98. The van der Waals surface area contributed by atoms with Gasteiger partial charge in [0.25, 0.3) is 0 Å². The zero-order valence-electron chi connectivity index (χ0n) is 16.9. The number of piperidine rings is 1. The number of amides is 2. The highest BCUT2D eigenvalue weighted by atomic mass is 19.1. The predicted octanol–water partition coefficient (Wildman–Crippen LogP) is 2.12. The van der Waals surface area contributed by atoms with Gasteiger partial charge >= 0.3 is 0 Å². The average molecular weight is 394 g/mol. The summed E-state index contributed by atoms with van der Waals surface area (Å²) in [5, 5.41) is 0. The summed E-state index contributed by atoms with van der Waals surface area (Å²) >= 11 is 0. The van der Waals surface area contributed by atoms with Crippen LogP contribution in [0, 0.1) is 11.7 Å². The van der Waals surface area contributed by atoms with E-state index in [9.17, 15) is 14.0 Å². The molecule has 2 amide bonds. The minimum absolute atomic E-state index is 0.0202. The molecule has 2 rings (SSSR count). The first-order valence-corrected chi connectivity index (χ1v) is 9.85. The summed E-state index contributed by atoms with van der Waals surface area (Å²) in [5.74, 6) is -0.456. The normalized spacial score (nSPS) is 16.8. The van der Waals surface area contributed by atoms with Crippen LogP contribution in [0.25, 0.3) is 0 Å². The minimum atomic E-state index is -0.314. The molecule has 0 N–H and O–H groups in total. The molecule has 0 aliphatic carbocycles. The molecular weight excluding hydrogens is 363 g/mol. The zero-order chi connectivity index (χ0) is 20.4. The molecule has 6 nitrogen and oxygen atoms in total. The number of hydrogen-bond donors (Lipinski definition) is 0. The monoisotopic (exact) mass is 394 g/mol. The van der Waals surface area contributed by atoms with Crippen molar-refractivity contribution >= 4 is 11.8 Å². The number of ether oxygens (including phenoxy) is 2. The van der Waals surface area contributed by atoms with Gasteiger partial charge in [-0.05, 0) is 37.0 Å². The van der Waals surface area contributed by atoms with Gasteiger partial charge in [-0.25, -0.2) is 4.39 Å². The Hall–Kier alpha value is -1.99. The van der Waals surface area contributed by atoms with E-state index in [0.29, 0.717) is 39.5 Å². The third-order valence-corrected chi connectivity index (χ3v) is 4.98. The van der Waals surface area contributed by atoms with Crippen LogP contribution in [0.15, 0.2) is 24.3 Å². The second kappa shape index (κ2) is 11.8. The lowest BCUT2D eigenvalue weighted by Gasteiger charge is -2.34. The Morgan fingerprint density at radius 3 is 2.68 bits per heavy atom. The van der Waals surface area contributed by atoms with Gasteiger partial charge in [0.15, 0.2) is 0 Å². The van der Waals surface area contributed by atoms with Gasteiger partial charge in [0.05, 0.1) is 18.9 Å². The first-order valence-electron chi connectivity index (χ1n) is 9.85. The lowest BCUT2D eigenvalue weighted by molar-refractivity contribution is -0.140. The Morgan fingerprint density at radius 1 is 1.21 bits per heavy atom. The number of likely N-dealkylation sites (N-methyl/N-ethyl adjacent to an activating group) is 1. The highest BCUT2D eigenvalue weighted by molar-refractivity contribution is 5.82. The van der Waals surface area contributed by atoms with Crippen LogP contribution in [0.4, 0.5) is 4.39 Å². The van der Waals surface area contributed by atoms with Gasteiger partial charge < -0.3 is 19.3 Å². The largest absolute Gasteiger partial charge is 0.385 e. The molecule has 1 saturated heterocycles. The van der Waals surface area contributed by atoms with Gasteiger partial charge in [0, 0.05) is 47.0 Å². The molecule has 1 aliphatic rings. The molecule has 1 fully saturated rings. The molecule has 1 aromatic carbocycles. The van der Waals surface area contributed by atoms with Crippen molar-refractivity contribution < 1.29 is 23.5 Å². The Kier molecular flexibility index (Phi) is 9.37. The Labute approximate surface area is 166 Å². The van der Waals surface area contributed by atoms with Gasteiger partial charge in [0.2, 0.25) is 11.8 Å². The molecule has 1 aliphatic heterocycles. The molecule has 0 radical (unpaired) electrons. The molecule has 156 valence electrons. The topological polar surface area (TPSA) is 59.1 Å². The van der Waals surface area contributed by atoms with Crippen LogP contribution in [0.3, 0.4) is 0 Å². The second-order valence-electron chi connectivity index (χ2n) is 7.20. The quantitative estimate of drug-likeness (QED) is 0.571. The van der Waals surface area contributed by atoms with E-state index in [0.717, 1.165) is 24.8 Å². The number of carbonyl (C=O) groups is 2. The van der Waals surface area contributed by atoms with Crippen molar-refractivity contribution in [2.75, 3.05) is 53.6 Å². The number of halogens is 1. The number of hydrogen-bond acceptors (Lipinski definition) is 4. The van der Waals surface area contributed by atoms with Crippen molar-refractivity contribution in [1.29, 1.82) is 0 Å². The molecule has 1 heterocycles. The van der Waals surface area contributed by atoms with E-state index >= 15 is 0 Å². The molecule has 1 atom stereocenters. The summed E-state index contributed by atoms with van der Waals surface area (Å²) < 4.78 is 23.5. The van der Waals surface area contributed by atoms with Gasteiger partial charge in [0.1, 0.15) is 5.82 Å². The van der Waals surface area contributed by atoms with Crippen LogP contribution in [-0.4, -0.2) is 75.2 Å². The maximum Gasteiger partial charge on any atom is 0.227 e. The van der Waals surface area contributed by atoms with Crippen LogP contribution in [0.1, 0.15) is 24.8 Å². The number of nitrogens with zero attached hydrogens (tertiary/aromatic N) is 2. The van der Waals surface area contributed by atoms with Crippen molar-refractivity contribution in [3.05, 3.63) is 35.6 Å². The van der Waals surface area contributed by atoms with E-state index < -0.39 is 0 Å². The van der Waals surface area contributed by atoms with Crippen molar-refractivity contribution in [3.63, 3.8) is 0 Å². The molecule has 0 aromatic heterocycles. The van der Waals surface area contributed by atoms with Crippen LogP contribution in [-0.2, 0) is 25.5 Å². The fourth-order valence-electron chi connectivity index (χ4n) is 3.32. The first kappa shape index (κ1) is 22.3. The van der Waals surface area contributed by atoms with E-state index in [1.54, 1.807) is 36.1 Å². The zero-order valence-corrected chi connectivity index (χ0v) is 16.9. The molecular formula is C21H31FN2O4. The number of benzene rings is 1. The van der Waals surface area contributed by atoms with Crippen LogP contribution in [0.2, 0.25) is 0 Å². The summed E-state index contributed by atoms with van der Waals surface area (Å²) in [6.45, 7) is 3.41. The summed E-state index contributed by atoms with van der Waals surface area (Å²) in [6.07, 6.45) is 2.67. The predicted molar refractivity (Wildman–Crippen MR) is 104 cm³/mol. The molecule has 0 bridgehead atoms. The Morgan fingerprint density at radius 2 is 1.96 bits per heavy atom. The first-order chi connectivity index (χ1) is 13.5. The minimum Gasteiger partial charge on any atom is -0.385 e. The summed E-state index contributed by atoms with van der Waals surface area (Å²) in [4.78, 5) is 28.7. The number of rotatable bonds is 10. The fraction of sp³-hybridized carbons (Fsp3) is 0.619. The molecule has 1 aromatic rings. The fourth-order valence-corrected chi connectivity index (χ4v) is 3.32. The molecule has 28 heavy (non-hydrogen) atoms. The smallest absolute Gasteiger partial charge is 0.227 e. The lowest BCUT2D eigenvalue weighted by Crippen LogP contribution is -2.46. The van der Waals surface area contributed by atoms with Crippen LogP contribution < -0.4 is 0 Å². The molecule has 0 spiro atoms. The molecule has 0 saturated carbocycles. The highest BCUT2D eigenvalue weighted by Gasteiger charge is 2.30. The molecule has 7 heteroatoms. The van der Waals surface area contributed by atoms with Crippen LogP contribution >= 0.6 is 0 Å². The van der Waals surface area contributed by atoms with E-state index in [4.69, 9.17) is 9.47 Å². The van der Waals surface area contributed by atoms with Gasteiger partial charge in [-0.15, -0.1) is 0 Å². The Balaban J connectivity index is 1.76. The maximum absolute atomic E-state index is 13.0. The standard InChI is InChI=1S/C21H31FN2O4/c1-23(11-14-28-13-4-12-27-2)21(26)18-5-3-10-24(16-18)20(25)15-17-6-8-19(22)9-7-17/h6-9,18H,3-5,10-16H2,1-2H3. The van der Waals surface area contributed by atoms with Crippen molar-refractivity contribution in [2.45, 2.75) is 25.7 Å². The van der Waals surface area contributed by atoms with Crippen molar-refractivity contribution in [1.82, 2.24) is 9.80 Å².